The molecule has 0 radical (unpaired) electrons. The lowest BCUT2D eigenvalue weighted by Gasteiger charge is -2.27. The summed E-state index contributed by atoms with van der Waals surface area (Å²) in [7, 11) is 6.56. The molecule has 2 aromatic heterocycles. The highest BCUT2D eigenvalue weighted by Crippen LogP contribution is 2.38. The van der Waals surface area contributed by atoms with Crippen LogP contribution in [-0.4, -0.2) is 108 Å². The van der Waals surface area contributed by atoms with Crippen molar-refractivity contribution in [3.63, 3.8) is 0 Å². The van der Waals surface area contributed by atoms with Gasteiger partial charge in [-0.05, 0) is 49.1 Å². The lowest BCUT2D eigenvalue weighted by Crippen LogP contribution is -2.47. The monoisotopic (exact) mass is 784 g/mol. The molecule has 0 bridgehead atoms. The molecule has 57 heavy (non-hydrogen) atoms. The highest BCUT2D eigenvalue weighted by Gasteiger charge is 2.45. The van der Waals surface area contributed by atoms with Crippen LogP contribution in [0.5, 0.6) is 17.2 Å². The smallest absolute Gasteiger partial charge is 0.276 e. The van der Waals surface area contributed by atoms with Gasteiger partial charge in [0.05, 0.1) is 57.2 Å². The molecule has 2 aliphatic rings. The lowest BCUT2D eigenvalue weighted by molar-refractivity contribution is -0.132. The Labute approximate surface area is 327 Å². The molecule has 300 valence electrons. The molecule has 3 heterocycles. The van der Waals surface area contributed by atoms with Crippen molar-refractivity contribution < 1.29 is 47.7 Å². The number of amides is 4. The van der Waals surface area contributed by atoms with E-state index in [9.17, 15) is 33.6 Å². The summed E-state index contributed by atoms with van der Waals surface area (Å²) in [6.07, 6.45) is 4.59. The van der Waals surface area contributed by atoms with Gasteiger partial charge in [-0.2, -0.15) is 5.10 Å². The molecule has 1 unspecified atom stereocenters. The second-order valence-electron chi connectivity index (χ2n) is 13.7. The maximum atomic E-state index is 13.2. The van der Waals surface area contributed by atoms with Crippen LogP contribution in [0.1, 0.15) is 58.4 Å². The second-order valence-corrected chi connectivity index (χ2v) is 13.7. The van der Waals surface area contributed by atoms with Gasteiger partial charge in [-0.25, -0.2) is 0 Å². The number of ether oxygens (including phenoxy) is 4. The number of fused-ring (bicyclic) bond motifs is 2. The van der Waals surface area contributed by atoms with Crippen LogP contribution in [0.15, 0.2) is 47.5 Å². The number of rotatable bonds is 17. The van der Waals surface area contributed by atoms with E-state index in [2.05, 4.69) is 15.7 Å². The summed E-state index contributed by atoms with van der Waals surface area (Å²) in [4.78, 5) is 89.0. The topological polar surface area (TPSA) is 206 Å². The first-order valence-electron chi connectivity index (χ1n) is 18.5. The Hall–Kier alpha value is -6.36. The number of ketones is 2. The van der Waals surface area contributed by atoms with Gasteiger partial charge in [-0.1, -0.05) is 6.07 Å². The molecule has 17 nitrogen and oxygen atoms in total. The van der Waals surface area contributed by atoms with Crippen LogP contribution < -0.4 is 30.4 Å². The molecule has 1 fully saturated rings. The Bertz CT molecular complexity index is 2290. The third-order valence-electron chi connectivity index (χ3n) is 9.98. The van der Waals surface area contributed by atoms with Crippen LogP contribution in [-0.2, 0) is 44.4 Å². The zero-order valence-corrected chi connectivity index (χ0v) is 32.2. The predicted octanol–water partition coefficient (Wildman–Crippen LogP) is 1.89. The maximum Gasteiger partial charge on any atom is 0.276 e. The number of aryl methyl sites for hydroxylation is 2. The Morgan fingerprint density at radius 1 is 0.895 bits per heavy atom. The van der Waals surface area contributed by atoms with Crippen molar-refractivity contribution in [1.29, 1.82) is 0 Å². The van der Waals surface area contributed by atoms with Crippen LogP contribution in [0.2, 0.25) is 0 Å². The molecule has 1 saturated carbocycles. The number of Topliss-reactive ketones (excluding diaryl/α,β-unsaturated/α-hetero) is 2. The molecule has 6 rings (SSSR count). The number of methoxy groups -OCH3 is 2. The largest absolute Gasteiger partial charge is 0.496 e. The number of pyridine rings is 1. The highest BCUT2D eigenvalue weighted by molar-refractivity contribution is 6.24. The van der Waals surface area contributed by atoms with Crippen LogP contribution >= 0.6 is 0 Å². The van der Waals surface area contributed by atoms with Crippen LogP contribution in [0.4, 0.5) is 0 Å². The standard InChI is InChI=1S/C40H44N6O11/c1-44-21-28(27-20-43-45(2)37(27)40(44)53)23-17-32(54-3)25(33(18-23)55-4)7-6-10-34(49)41-13-15-56-16-14-42-35(50)22-57-31-9-5-8-26-36(31)39(52)46(38(26)51)29-12-11-24(47)19-30(29)48/h5,8-9,17-18,20-21,29H,6-7,10-16,19,22H2,1-4H3,(H,41,49)(H,42,50). The van der Waals surface area contributed by atoms with E-state index >= 15 is 0 Å². The number of benzene rings is 2. The number of hydrogen-bond acceptors (Lipinski definition) is 12. The van der Waals surface area contributed by atoms with E-state index in [1.54, 1.807) is 45.4 Å². The molecular formula is C40H44N6O11. The van der Waals surface area contributed by atoms with Gasteiger partial charge >= 0.3 is 0 Å². The summed E-state index contributed by atoms with van der Waals surface area (Å²) < 4.78 is 25.7. The molecule has 0 spiro atoms. The number of carbonyl (C=O) groups excluding carboxylic acids is 6. The summed E-state index contributed by atoms with van der Waals surface area (Å²) in [5.41, 5.74) is 2.79. The molecule has 4 amide bonds. The molecule has 2 aromatic carbocycles. The summed E-state index contributed by atoms with van der Waals surface area (Å²) in [6, 6.07) is 7.20. The van der Waals surface area contributed by atoms with Gasteiger partial charge in [0.25, 0.3) is 23.3 Å². The van der Waals surface area contributed by atoms with Crippen molar-refractivity contribution in [2.45, 2.75) is 44.6 Å². The molecule has 1 aliphatic carbocycles. The van der Waals surface area contributed by atoms with E-state index in [0.29, 0.717) is 35.2 Å². The van der Waals surface area contributed by atoms with Crippen molar-refractivity contribution in [1.82, 2.24) is 29.9 Å². The van der Waals surface area contributed by atoms with E-state index in [4.69, 9.17) is 18.9 Å². The zero-order valence-electron chi connectivity index (χ0n) is 32.2. The van der Waals surface area contributed by atoms with Crippen molar-refractivity contribution in [2.24, 2.45) is 14.1 Å². The van der Waals surface area contributed by atoms with E-state index in [1.807, 2.05) is 12.1 Å². The van der Waals surface area contributed by atoms with E-state index in [-0.39, 0.29) is 86.1 Å². The number of nitrogens with one attached hydrogen (secondary N) is 2. The maximum absolute atomic E-state index is 13.2. The van der Waals surface area contributed by atoms with Crippen LogP contribution in [0, 0.1) is 0 Å². The van der Waals surface area contributed by atoms with Crippen molar-refractivity contribution >= 4 is 46.1 Å². The minimum atomic E-state index is -1.01. The van der Waals surface area contributed by atoms with Gasteiger partial charge in [-0.3, -0.25) is 43.1 Å². The Morgan fingerprint density at radius 3 is 2.28 bits per heavy atom. The van der Waals surface area contributed by atoms with Crippen molar-refractivity contribution in [2.75, 3.05) is 47.1 Å². The molecule has 1 aliphatic heterocycles. The molecule has 1 atom stereocenters. The summed E-state index contributed by atoms with van der Waals surface area (Å²) >= 11 is 0. The predicted molar refractivity (Wildman–Crippen MR) is 204 cm³/mol. The fraction of sp³-hybridized carbons (Fsp3) is 0.400. The quantitative estimate of drug-likeness (QED) is 0.0895. The van der Waals surface area contributed by atoms with E-state index in [0.717, 1.165) is 21.6 Å². The fourth-order valence-corrected chi connectivity index (χ4v) is 7.14. The number of aromatic nitrogens is 3. The van der Waals surface area contributed by atoms with Gasteiger partial charge in [0, 0.05) is 62.7 Å². The second kappa shape index (κ2) is 17.6. The average Bonchev–Trinajstić information content (AvgIpc) is 3.71. The Kier molecular flexibility index (Phi) is 12.5. The van der Waals surface area contributed by atoms with Crippen LogP contribution in [0.25, 0.3) is 22.0 Å². The molecule has 17 heteroatoms. The SMILES string of the molecule is COc1cc(-c2cn(C)c(=O)c3c2cnn3C)cc(OC)c1CCCC(=O)NCCOCCNC(=O)COc1cccc2c1C(=O)N(C1CCC(=O)CC1=O)C2=O. The van der Waals surface area contributed by atoms with Gasteiger partial charge in [0.15, 0.2) is 12.4 Å². The van der Waals surface area contributed by atoms with Gasteiger partial charge in [0.2, 0.25) is 5.91 Å². The number of carbonyl (C=O) groups is 6. The van der Waals surface area contributed by atoms with Crippen molar-refractivity contribution in [3.8, 4) is 28.4 Å². The third-order valence-corrected chi connectivity index (χ3v) is 9.98. The minimum absolute atomic E-state index is 0.0230. The van der Waals surface area contributed by atoms with Crippen molar-refractivity contribution in [3.05, 3.63) is 69.8 Å². The molecular weight excluding hydrogens is 740 g/mol. The fourth-order valence-electron chi connectivity index (χ4n) is 7.14. The molecule has 0 saturated heterocycles. The number of hydrogen-bond donors (Lipinski definition) is 2. The number of imide groups is 1. The first kappa shape index (κ1) is 40.3. The summed E-state index contributed by atoms with van der Waals surface area (Å²) in [5.74, 6) is -1.44. The van der Waals surface area contributed by atoms with E-state index in [1.165, 1.54) is 22.8 Å². The normalized spacial score (nSPS) is 15.2. The first-order valence-corrected chi connectivity index (χ1v) is 18.5. The van der Waals surface area contributed by atoms with Crippen LogP contribution in [0.3, 0.4) is 0 Å². The summed E-state index contributed by atoms with van der Waals surface area (Å²) in [5, 5.41) is 10.5. The third kappa shape index (κ3) is 8.57. The zero-order chi connectivity index (χ0) is 40.8. The average molecular weight is 785 g/mol. The Balaban J connectivity index is 0.899. The van der Waals surface area contributed by atoms with Gasteiger partial charge in [-0.15, -0.1) is 0 Å². The first-order chi connectivity index (χ1) is 27.4. The van der Waals surface area contributed by atoms with Gasteiger partial charge < -0.3 is 34.1 Å². The Morgan fingerprint density at radius 2 is 1.60 bits per heavy atom. The lowest BCUT2D eigenvalue weighted by atomic mass is 9.92. The summed E-state index contributed by atoms with van der Waals surface area (Å²) in [6.45, 7) is 0.386. The highest BCUT2D eigenvalue weighted by atomic mass is 16.5. The van der Waals surface area contributed by atoms with E-state index < -0.39 is 36.2 Å². The van der Waals surface area contributed by atoms with Gasteiger partial charge in [0.1, 0.15) is 28.5 Å². The number of nitrogens with zero attached hydrogens (tertiary/aromatic N) is 4. The minimum Gasteiger partial charge on any atom is -0.496 e. The molecule has 4 aromatic rings. The molecule has 2 N–H and O–H groups in total.